The maximum atomic E-state index is 10.7. The molecule has 0 fully saturated rings. The van der Waals surface area contributed by atoms with Crippen molar-refractivity contribution in [1.82, 2.24) is 9.97 Å². The van der Waals surface area contributed by atoms with Gasteiger partial charge in [0.05, 0.1) is 13.5 Å². The molecule has 66 valence electrons. The van der Waals surface area contributed by atoms with E-state index in [4.69, 9.17) is 0 Å². The Morgan fingerprint density at radius 3 is 2.92 bits per heavy atom. The highest BCUT2D eigenvalue weighted by atomic mass is 16.5. The normalized spacial score (nSPS) is 9.75. The quantitative estimate of drug-likeness (QED) is 0.617. The van der Waals surface area contributed by atoms with Crippen LogP contribution in [0.15, 0.2) is 11.0 Å². The molecule has 0 aliphatic carbocycles. The Labute approximate surface area is 68.8 Å². The molecule has 0 saturated carbocycles. The number of carbonyl (C=O) groups is 1. The first kappa shape index (κ1) is 8.58. The maximum Gasteiger partial charge on any atom is 0.323 e. The molecule has 0 radical (unpaired) electrons. The van der Waals surface area contributed by atoms with E-state index in [1.54, 1.807) is 6.20 Å². The number of H-pyrrole nitrogens is 2. The third-order valence-corrected chi connectivity index (χ3v) is 1.48. The Bertz CT molecular complexity index is 312. The summed E-state index contributed by atoms with van der Waals surface area (Å²) in [4.78, 5) is 26.2. The minimum absolute atomic E-state index is 0.255. The van der Waals surface area contributed by atoms with E-state index in [0.717, 1.165) is 0 Å². The Balaban J connectivity index is 2.43. The predicted molar refractivity (Wildman–Crippen MR) is 41.8 cm³/mol. The van der Waals surface area contributed by atoms with Gasteiger partial charge in [0.2, 0.25) is 0 Å². The zero-order chi connectivity index (χ0) is 8.97. The van der Waals surface area contributed by atoms with Crippen molar-refractivity contribution in [3.63, 3.8) is 0 Å². The number of nitrogens with one attached hydrogen (secondary N) is 2. The molecule has 0 spiro atoms. The summed E-state index contributed by atoms with van der Waals surface area (Å²) in [6.07, 6.45) is 2.32. The number of ether oxygens (including phenoxy) is 1. The van der Waals surface area contributed by atoms with Crippen molar-refractivity contribution in [2.24, 2.45) is 0 Å². The standard InChI is InChI=1S/C7H10N2O3/c1-12-6(10)3-2-5-4-8-7(11)9-5/h4H,2-3H2,1H3,(H2,8,9,11). The van der Waals surface area contributed by atoms with E-state index in [9.17, 15) is 9.59 Å². The minimum atomic E-state index is -0.281. The molecule has 0 saturated heterocycles. The molecule has 0 amide bonds. The molecule has 0 aliphatic heterocycles. The van der Waals surface area contributed by atoms with Gasteiger partial charge < -0.3 is 14.7 Å². The lowest BCUT2D eigenvalue weighted by Crippen LogP contribution is -2.04. The third kappa shape index (κ3) is 2.26. The van der Waals surface area contributed by atoms with Crippen molar-refractivity contribution in [3.05, 3.63) is 22.4 Å². The second-order valence-corrected chi connectivity index (χ2v) is 2.34. The Hall–Kier alpha value is -1.52. The Kier molecular flexibility index (Phi) is 2.68. The molecule has 0 atom stereocenters. The van der Waals surface area contributed by atoms with Gasteiger partial charge in [0, 0.05) is 11.9 Å². The number of hydrogen-bond acceptors (Lipinski definition) is 3. The third-order valence-electron chi connectivity index (χ3n) is 1.48. The van der Waals surface area contributed by atoms with Gasteiger partial charge in [-0.15, -0.1) is 0 Å². The molecule has 0 aromatic carbocycles. The van der Waals surface area contributed by atoms with Crippen LogP contribution in [0.3, 0.4) is 0 Å². The van der Waals surface area contributed by atoms with E-state index < -0.39 is 0 Å². The van der Waals surface area contributed by atoms with Crippen molar-refractivity contribution in [3.8, 4) is 0 Å². The molecular formula is C7H10N2O3. The number of aromatic amines is 2. The fraction of sp³-hybridized carbons (Fsp3) is 0.429. The fourth-order valence-electron chi connectivity index (χ4n) is 0.844. The van der Waals surface area contributed by atoms with E-state index in [2.05, 4.69) is 14.7 Å². The van der Waals surface area contributed by atoms with Gasteiger partial charge in [-0.25, -0.2) is 4.79 Å². The second kappa shape index (κ2) is 3.75. The molecule has 5 nitrogen and oxygen atoms in total. The van der Waals surface area contributed by atoms with Crippen molar-refractivity contribution < 1.29 is 9.53 Å². The van der Waals surface area contributed by atoms with Crippen molar-refractivity contribution in [2.45, 2.75) is 12.8 Å². The van der Waals surface area contributed by atoms with Crippen LogP contribution in [0.2, 0.25) is 0 Å². The molecule has 1 aromatic heterocycles. The zero-order valence-electron chi connectivity index (χ0n) is 6.72. The number of rotatable bonds is 3. The lowest BCUT2D eigenvalue weighted by molar-refractivity contribution is -0.140. The average molecular weight is 170 g/mol. The summed E-state index contributed by atoms with van der Waals surface area (Å²) in [5.74, 6) is -0.281. The van der Waals surface area contributed by atoms with E-state index in [1.807, 2.05) is 0 Å². The summed E-state index contributed by atoms with van der Waals surface area (Å²) in [6, 6.07) is 0. The molecule has 1 heterocycles. The van der Waals surface area contributed by atoms with Gasteiger partial charge in [-0.2, -0.15) is 0 Å². The molecule has 1 aromatic rings. The smallest absolute Gasteiger partial charge is 0.323 e. The van der Waals surface area contributed by atoms with E-state index in [-0.39, 0.29) is 18.1 Å². The van der Waals surface area contributed by atoms with Gasteiger partial charge in [-0.3, -0.25) is 4.79 Å². The van der Waals surface area contributed by atoms with Crippen LogP contribution >= 0.6 is 0 Å². The van der Waals surface area contributed by atoms with E-state index >= 15 is 0 Å². The average Bonchev–Trinajstić information content (AvgIpc) is 2.47. The summed E-state index contributed by atoms with van der Waals surface area (Å²) >= 11 is 0. The fourth-order valence-corrected chi connectivity index (χ4v) is 0.844. The van der Waals surface area contributed by atoms with Crippen molar-refractivity contribution in [2.75, 3.05) is 7.11 Å². The highest BCUT2D eigenvalue weighted by Gasteiger charge is 2.01. The van der Waals surface area contributed by atoms with Gasteiger partial charge in [0.15, 0.2) is 0 Å². The molecular weight excluding hydrogens is 160 g/mol. The topological polar surface area (TPSA) is 75.0 Å². The molecule has 0 aliphatic rings. The highest BCUT2D eigenvalue weighted by molar-refractivity contribution is 5.69. The van der Waals surface area contributed by atoms with Crippen LogP contribution in [0.5, 0.6) is 0 Å². The van der Waals surface area contributed by atoms with E-state index in [0.29, 0.717) is 12.1 Å². The van der Waals surface area contributed by atoms with Gasteiger partial charge in [0.1, 0.15) is 0 Å². The van der Waals surface area contributed by atoms with E-state index in [1.165, 1.54) is 7.11 Å². The Morgan fingerprint density at radius 1 is 1.67 bits per heavy atom. The van der Waals surface area contributed by atoms with Gasteiger partial charge >= 0.3 is 11.7 Å². The first-order valence-electron chi connectivity index (χ1n) is 3.56. The first-order valence-corrected chi connectivity index (χ1v) is 3.56. The summed E-state index contributed by atoms with van der Waals surface area (Å²) in [7, 11) is 1.34. The number of methoxy groups -OCH3 is 1. The highest BCUT2D eigenvalue weighted by Crippen LogP contribution is 1.95. The molecule has 12 heavy (non-hydrogen) atoms. The number of esters is 1. The van der Waals surface area contributed by atoms with Gasteiger partial charge in [-0.05, 0) is 6.42 Å². The van der Waals surface area contributed by atoms with Crippen LogP contribution in [-0.2, 0) is 16.0 Å². The number of hydrogen-bond donors (Lipinski definition) is 2. The molecule has 1 rings (SSSR count). The summed E-state index contributed by atoms with van der Waals surface area (Å²) in [6.45, 7) is 0. The summed E-state index contributed by atoms with van der Waals surface area (Å²) in [5.41, 5.74) is 0.459. The van der Waals surface area contributed by atoms with Crippen LogP contribution < -0.4 is 5.69 Å². The van der Waals surface area contributed by atoms with Crippen LogP contribution in [0.1, 0.15) is 12.1 Å². The number of aryl methyl sites for hydroxylation is 1. The first-order chi connectivity index (χ1) is 5.72. The second-order valence-electron chi connectivity index (χ2n) is 2.34. The summed E-state index contributed by atoms with van der Waals surface area (Å²) in [5, 5.41) is 0. The lowest BCUT2D eigenvalue weighted by atomic mass is 10.2. The SMILES string of the molecule is COC(=O)CCc1c[nH]c(=O)[nH]1. The van der Waals surface area contributed by atoms with Crippen LogP contribution in [-0.4, -0.2) is 23.0 Å². The van der Waals surface area contributed by atoms with Crippen LogP contribution in [0.25, 0.3) is 0 Å². The zero-order valence-corrected chi connectivity index (χ0v) is 6.72. The lowest BCUT2D eigenvalue weighted by Gasteiger charge is -1.95. The van der Waals surface area contributed by atoms with Crippen LogP contribution in [0.4, 0.5) is 0 Å². The largest absolute Gasteiger partial charge is 0.469 e. The van der Waals surface area contributed by atoms with Crippen molar-refractivity contribution in [1.29, 1.82) is 0 Å². The number of aromatic nitrogens is 2. The predicted octanol–water partition coefficient (Wildman–Crippen LogP) is -0.191. The van der Waals surface area contributed by atoms with Gasteiger partial charge in [-0.1, -0.05) is 0 Å². The molecule has 5 heteroatoms. The minimum Gasteiger partial charge on any atom is -0.469 e. The molecule has 0 unspecified atom stereocenters. The molecule has 0 bridgehead atoms. The Morgan fingerprint density at radius 2 is 2.42 bits per heavy atom. The molecule has 2 N–H and O–H groups in total. The van der Waals surface area contributed by atoms with Crippen LogP contribution in [0, 0.1) is 0 Å². The van der Waals surface area contributed by atoms with Gasteiger partial charge in [0.25, 0.3) is 0 Å². The maximum absolute atomic E-state index is 10.7. The summed E-state index contributed by atoms with van der Waals surface area (Å²) < 4.78 is 4.44. The van der Waals surface area contributed by atoms with Crippen molar-refractivity contribution >= 4 is 5.97 Å². The number of imidazole rings is 1. The number of carbonyl (C=O) groups excluding carboxylic acids is 1. The monoisotopic (exact) mass is 170 g/mol.